The molecule has 5 heteroatoms. The van der Waals surface area contributed by atoms with Gasteiger partial charge in [-0.15, -0.1) is 0 Å². The fraction of sp³-hybridized carbons (Fsp3) is 0.636. The molecular weight excluding hydrogens is 342 g/mol. The zero-order valence-corrected chi connectivity index (χ0v) is 16.8. The van der Waals surface area contributed by atoms with Crippen molar-refractivity contribution in [1.82, 2.24) is 4.90 Å². The lowest BCUT2D eigenvalue weighted by Gasteiger charge is -2.37. The van der Waals surface area contributed by atoms with Gasteiger partial charge in [-0.2, -0.15) is 0 Å². The molecule has 148 valence electrons. The molecule has 2 aliphatic rings. The Morgan fingerprint density at radius 2 is 2.00 bits per heavy atom. The number of carbonyl (C=O) groups is 2. The van der Waals surface area contributed by atoms with E-state index < -0.39 is 5.60 Å². The quantitative estimate of drug-likeness (QED) is 0.562. The van der Waals surface area contributed by atoms with Crippen LogP contribution in [-0.4, -0.2) is 42.6 Å². The lowest BCUT2D eigenvalue weighted by Crippen LogP contribution is -2.46. The first-order valence-electron chi connectivity index (χ1n) is 10.1. The van der Waals surface area contributed by atoms with Crippen LogP contribution in [0.1, 0.15) is 56.1 Å². The van der Waals surface area contributed by atoms with Gasteiger partial charge in [-0.05, 0) is 63.1 Å². The minimum absolute atomic E-state index is 0.0366. The Morgan fingerprint density at radius 3 is 2.74 bits per heavy atom. The fourth-order valence-corrected chi connectivity index (χ4v) is 4.33. The zero-order valence-electron chi connectivity index (χ0n) is 16.8. The van der Waals surface area contributed by atoms with E-state index in [9.17, 15) is 9.59 Å². The van der Waals surface area contributed by atoms with Gasteiger partial charge in [0.25, 0.3) is 0 Å². The number of hydrogen-bond donors (Lipinski definition) is 0. The summed E-state index contributed by atoms with van der Waals surface area (Å²) in [7, 11) is 1.82. The Morgan fingerprint density at radius 1 is 1.26 bits per heavy atom. The summed E-state index contributed by atoms with van der Waals surface area (Å²) >= 11 is 0. The van der Waals surface area contributed by atoms with Crippen LogP contribution in [0, 0.1) is 19.8 Å². The third-order valence-electron chi connectivity index (χ3n) is 5.94. The van der Waals surface area contributed by atoms with Gasteiger partial charge < -0.3 is 14.4 Å². The molecule has 0 radical (unpaired) electrons. The Balaban J connectivity index is 1.51. The Labute approximate surface area is 162 Å². The second-order valence-electron chi connectivity index (χ2n) is 8.09. The van der Waals surface area contributed by atoms with Gasteiger partial charge in [0, 0.05) is 13.6 Å². The van der Waals surface area contributed by atoms with Gasteiger partial charge in [-0.3, -0.25) is 9.59 Å². The Hall–Kier alpha value is -2.04. The summed E-state index contributed by atoms with van der Waals surface area (Å²) in [5.41, 5.74) is 1.74. The Bertz CT molecular complexity index is 694. The number of carbonyl (C=O) groups excluding carboxylic acids is 2. The number of aryl methyl sites for hydroxylation is 2. The molecule has 2 fully saturated rings. The van der Waals surface area contributed by atoms with Crippen molar-refractivity contribution in [2.75, 3.05) is 20.2 Å². The first-order chi connectivity index (χ1) is 12.9. The standard InChI is InChI=1S/C22H31NO4/c1-16-8-9-17(2)19(14-16)26-13-7-12-23(3)21(25)18-15-20(24)27-22(18)10-5-4-6-11-22/h8-9,14,18H,4-7,10-13,15H2,1-3H3/t18-/m0/s1. The summed E-state index contributed by atoms with van der Waals surface area (Å²) in [5, 5.41) is 0. The molecule has 0 bridgehead atoms. The summed E-state index contributed by atoms with van der Waals surface area (Å²) in [6, 6.07) is 6.17. The molecule has 1 saturated heterocycles. The largest absolute Gasteiger partial charge is 0.493 e. The highest BCUT2D eigenvalue weighted by Gasteiger charge is 2.53. The van der Waals surface area contributed by atoms with Gasteiger partial charge in [-0.25, -0.2) is 0 Å². The predicted octanol–water partition coefficient (Wildman–Crippen LogP) is 3.80. The van der Waals surface area contributed by atoms with Crippen LogP contribution in [0.3, 0.4) is 0 Å². The maximum absolute atomic E-state index is 13.0. The molecule has 1 aliphatic heterocycles. The van der Waals surface area contributed by atoms with Crippen molar-refractivity contribution >= 4 is 11.9 Å². The Kier molecular flexibility index (Phi) is 6.08. The van der Waals surface area contributed by atoms with Crippen molar-refractivity contribution in [3.8, 4) is 5.75 Å². The molecule has 1 atom stereocenters. The molecule has 1 aromatic rings. The number of amides is 1. The monoisotopic (exact) mass is 373 g/mol. The van der Waals surface area contributed by atoms with E-state index >= 15 is 0 Å². The van der Waals surface area contributed by atoms with E-state index in [0.717, 1.165) is 49.8 Å². The number of hydrogen-bond acceptors (Lipinski definition) is 4. The van der Waals surface area contributed by atoms with Crippen molar-refractivity contribution in [3.63, 3.8) is 0 Å². The van der Waals surface area contributed by atoms with Gasteiger partial charge >= 0.3 is 5.97 Å². The minimum atomic E-state index is -0.546. The molecule has 0 aromatic heterocycles. The van der Waals surface area contributed by atoms with Gasteiger partial charge in [0.2, 0.25) is 5.91 Å². The van der Waals surface area contributed by atoms with E-state index in [2.05, 4.69) is 12.1 Å². The molecule has 1 heterocycles. The molecule has 1 aromatic carbocycles. The maximum atomic E-state index is 13.0. The number of benzene rings is 1. The highest BCUT2D eigenvalue weighted by molar-refractivity contribution is 5.87. The van der Waals surface area contributed by atoms with Crippen molar-refractivity contribution in [2.45, 2.75) is 64.4 Å². The maximum Gasteiger partial charge on any atom is 0.307 e. The van der Waals surface area contributed by atoms with Gasteiger partial charge in [0.05, 0.1) is 18.9 Å². The van der Waals surface area contributed by atoms with E-state index in [1.807, 2.05) is 27.0 Å². The smallest absolute Gasteiger partial charge is 0.307 e. The fourth-order valence-electron chi connectivity index (χ4n) is 4.33. The third-order valence-corrected chi connectivity index (χ3v) is 5.94. The molecule has 0 N–H and O–H groups in total. The van der Waals surface area contributed by atoms with E-state index in [1.54, 1.807) is 4.90 Å². The molecule has 0 unspecified atom stereocenters. The molecule has 27 heavy (non-hydrogen) atoms. The minimum Gasteiger partial charge on any atom is -0.493 e. The number of esters is 1. The lowest BCUT2D eigenvalue weighted by atomic mass is 9.75. The van der Waals surface area contributed by atoms with Crippen molar-refractivity contribution in [3.05, 3.63) is 29.3 Å². The predicted molar refractivity (Wildman–Crippen MR) is 104 cm³/mol. The van der Waals surface area contributed by atoms with E-state index in [1.165, 1.54) is 5.56 Å². The first kappa shape index (κ1) is 19.7. The van der Waals surface area contributed by atoms with Crippen LogP contribution in [0.15, 0.2) is 18.2 Å². The van der Waals surface area contributed by atoms with Gasteiger partial charge in [0.1, 0.15) is 11.4 Å². The second-order valence-corrected chi connectivity index (χ2v) is 8.09. The molecule has 1 spiro atoms. The SMILES string of the molecule is Cc1ccc(C)c(OCCCN(C)C(=O)[C@@H]2CC(=O)OC23CCCCC3)c1. The molecule has 1 amide bonds. The third kappa shape index (κ3) is 4.45. The van der Waals surface area contributed by atoms with Crippen LogP contribution >= 0.6 is 0 Å². The lowest BCUT2D eigenvalue weighted by molar-refractivity contribution is -0.155. The van der Waals surface area contributed by atoms with Crippen LogP contribution in [0.2, 0.25) is 0 Å². The summed E-state index contributed by atoms with van der Waals surface area (Å²) in [4.78, 5) is 26.6. The summed E-state index contributed by atoms with van der Waals surface area (Å²) in [6.45, 7) is 5.26. The van der Waals surface area contributed by atoms with E-state index in [-0.39, 0.29) is 24.2 Å². The average Bonchev–Trinajstić information content (AvgIpc) is 2.96. The van der Waals surface area contributed by atoms with Crippen molar-refractivity contribution < 1.29 is 19.1 Å². The molecule has 5 nitrogen and oxygen atoms in total. The van der Waals surface area contributed by atoms with E-state index in [0.29, 0.717) is 13.2 Å². The zero-order chi connectivity index (χ0) is 19.4. The van der Waals surface area contributed by atoms with Crippen LogP contribution in [0.4, 0.5) is 0 Å². The van der Waals surface area contributed by atoms with Gasteiger partial charge in [0.15, 0.2) is 0 Å². The second kappa shape index (κ2) is 8.32. The summed E-state index contributed by atoms with van der Waals surface area (Å²) in [6.07, 6.45) is 5.84. The van der Waals surface area contributed by atoms with Crippen molar-refractivity contribution in [2.24, 2.45) is 5.92 Å². The molecule has 1 aliphatic carbocycles. The van der Waals surface area contributed by atoms with Crippen molar-refractivity contribution in [1.29, 1.82) is 0 Å². The molecule has 1 saturated carbocycles. The van der Waals surface area contributed by atoms with E-state index in [4.69, 9.17) is 9.47 Å². The van der Waals surface area contributed by atoms with Gasteiger partial charge in [-0.1, -0.05) is 18.6 Å². The number of nitrogens with zero attached hydrogens (tertiary/aromatic N) is 1. The summed E-state index contributed by atoms with van der Waals surface area (Å²) < 4.78 is 11.6. The normalized spacial score (nSPS) is 21.1. The number of rotatable bonds is 6. The summed E-state index contributed by atoms with van der Waals surface area (Å²) in [5.74, 6) is 0.395. The molecule has 3 rings (SSSR count). The first-order valence-corrected chi connectivity index (χ1v) is 10.1. The van der Waals surface area contributed by atoms with Crippen LogP contribution in [0.5, 0.6) is 5.75 Å². The highest BCUT2D eigenvalue weighted by atomic mass is 16.6. The highest BCUT2D eigenvalue weighted by Crippen LogP contribution is 2.44. The molecular formula is C22H31NO4. The average molecular weight is 373 g/mol. The van der Waals surface area contributed by atoms with Crippen LogP contribution in [0.25, 0.3) is 0 Å². The van der Waals surface area contributed by atoms with Crippen LogP contribution in [-0.2, 0) is 14.3 Å². The van der Waals surface area contributed by atoms with Crippen LogP contribution < -0.4 is 4.74 Å². The number of ether oxygens (including phenoxy) is 2. The topological polar surface area (TPSA) is 55.8 Å².